The van der Waals surface area contributed by atoms with E-state index < -0.39 is 19.7 Å². The molecule has 0 N–H and O–H groups in total. The Morgan fingerprint density at radius 1 is 0.909 bits per heavy atom. The number of benzene rings is 2. The zero-order valence-electron chi connectivity index (χ0n) is 12.7. The predicted octanol–water partition coefficient (Wildman–Crippen LogP) is 3.33. The number of rotatable bonds is 2. The molecule has 4 rings (SSSR count). The average molecular weight is 413 g/mol. The van der Waals surface area contributed by atoms with E-state index in [9.17, 15) is 0 Å². The molecule has 0 spiro atoms. The Hall–Kier alpha value is -1.25. The van der Waals surface area contributed by atoms with Crippen molar-refractivity contribution in [1.29, 1.82) is 0 Å². The first kappa shape index (κ1) is 14.3. The Labute approximate surface area is 136 Å². The second kappa shape index (κ2) is 5.43. The molecule has 2 aromatic carbocycles. The molecular weight excluding hydrogens is 394 g/mol. The molecule has 0 aliphatic carbocycles. The summed E-state index contributed by atoms with van der Waals surface area (Å²) in [4.78, 5) is 0. The molecule has 0 atom stereocenters. The second-order valence-corrected chi connectivity index (χ2v) is 11.2. The van der Waals surface area contributed by atoms with Gasteiger partial charge in [0, 0.05) is 0 Å². The maximum absolute atomic E-state index is 6.36. The first-order valence-corrected chi connectivity index (χ1v) is 11.4. The van der Waals surface area contributed by atoms with E-state index in [1.807, 2.05) is 50.2 Å². The van der Waals surface area contributed by atoms with Gasteiger partial charge in [0.05, 0.1) is 0 Å². The van der Waals surface area contributed by atoms with Crippen LogP contribution in [0.25, 0.3) is 0 Å². The van der Waals surface area contributed by atoms with Crippen molar-refractivity contribution < 1.29 is 9.30 Å². The molecule has 4 nitrogen and oxygen atoms in total. The summed E-state index contributed by atoms with van der Waals surface area (Å²) in [5.41, 5.74) is 2.39. The van der Waals surface area contributed by atoms with Crippen LogP contribution in [0.3, 0.4) is 0 Å². The molecule has 0 bridgehead atoms. The fraction of sp³-hybridized carbons (Fsp3) is 0.294. The first-order valence-electron chi connectivity index (χ1n) is 7.48. The van der Waals surface area contributed by atoms with Crippen LogP contribution in [0.4, 0.5) is 0 Å². The zero-order chi connectivity index (χ0) is 15.2. The van der Waals surface area contributed by atoms with E-state index in [4.69, 9.17) is 9.30 Å². The zero-order valence-corrected chi connectivity index (χ0v) is 15.0. The Bertz CT molecular complexity index is 652. The van der Waals surface area contributed by atoms with E-state index in [0.717, 1.165) is 24.6 Å². The van der Waals surface area contributed by atoms with Crippen LogP contribution in [0.15, 0.2) is 48.5 Å². The maximum atomic E-state index is 6.36. The Kier molecular flexibility index (Phi) is 3.54. The van der Waals surface area contributed by atoms with E-state index in [1.54, 1.807) is 0 Å². The van der Waals surface area contributed by atoms with Crippen molar-refractivity contribution in [2.45, 2.75) is 33.0 Å². The molecule has 0 unspecified atom stereocenters. The van der Waals surface area contributed by atoms with Crippen LogP contribution in [0, 0.1) is 0 Å². The topological polar surface area (TPSA) is 30.9 Å². The van der Waals surface area contributed by atoms with Crippen molar-refractivity contribution >= 4 is 19.7 Å². The minimum atomic E-state index is -3.57. The third-order valence-electron chi connectivity index (χ3n) is 3.66. The molecular formula is C17H19NO3Te. The molecule has 0 amide bonds. The third kappa shape index (κ3) is 2.39. The summed E-state index contributed by atoms with van der Waals surface area (Å²) in [6.07, 6.45) is 0.0687. The Morgan fingerprint density at radius 2 is 1.41 bits per heavy atom. The van der Waals surface area contributed by atoms with Crippen LogP contribution < -0.4 is 6.20 Å². The van der Waals surface area contributed by atoms with Crippen molar-refractivity contribution in [2.75, 3.05) is 0 Å². The summed E-state index contributed by atoms with van der Waals surface area (Å²) >= 11 is -3.57. The molecule has 116 valence electrons. The van der Waals surface area contributed by atoms with Gasteiger partial charge in [-0.25, -0.2) is 0 Å². The number of hydrogen-bond acceptors (Lipinski definition) is 4. The van der Waals surface area contributed by atoms with Crippen LogP contribution in [0.5, 0.6) is 11.5 Å². The Morgan fingerprint density at radius 3 is 1.91 bits per heavy atom. The van der Waals surface area contributed by atoms with Gasteiger partial charge in [-0.15, -0.1) is 0 Å². The molecule has 0 saturated heterocycles. The van der Waals surface area contributed by atoms with Crippen LogP contribution in [0.2, 0.25) is 0 Å². The van der Waals surface area contributed by atoms with E-state index in [2.05, 4.69) is 15.3 Å². The standard InChI is InChI=1S/C17H19NO3Te/c1-13(2)19-22-18(11-14-7-3-5-9-16(14)20-22)12-15-8-4-6-10-17(15)21-22/h3-10,13H,11-12H2,1-2H3. The molecule has 2 aliphatic heterocycles. The molecule has 2 heterocycles. The average Bonchev–Trinajstić information content (AvgIpc) is 2.49. The first-order chi connectivity index (χ1) is 10.7. The molecule has 5 heteroatoms. The van der Waals surface area contributed by atoms with Gasteiger partial charge < -0.3 is 0 Å². The van der Waals surface area contributed by atoms with Gasteiger partial charge in [-0.3, -0.25) is 0 Å². The summed E-state index contributed by atoms with van der Waals surface area (Å²) in [6.45, 7) is 5.70. The van der Waals surface area contributed by atoms with Gasteiger partial charge in [-0.05, 0) is 0 Å². The number of hydrogen-bond donors (Lipinski definition) is 0. The van der Waals surface area contributed by atoms with Crippen molar-refractivity contribution in [1.82, 2.24) is 3.15 Å². The molecule has 0 aromatic heterocycles. The number of nitrogens with zero attached hydrogens (tertiary/aromatic N) is 1. The predicted molar refractivity (Wildman–Crippen MR) is 85.4 cm³/mol. The molecule has 0 radical (unpaired) electrons. The molecule has 22 heavy (non-hydrogen) atoms. The van der Waals surface area contributed by atoms with Gasteiger partial charge in [-0.2, -0.15) is 0 Å². The molecule has 2 aromatic rings. The third-order valence-corrected chi connectivity index (χ3v) is 10.2. The van der Waals surface area contributed by atoms with E-state index >= 15 is 0 Å². The van der Waals surface area contributed by atoms with Gasteiger partial charge in [0.2, 0.25) is 0 Å². The number of fused-ring (bicyclic) bond motifs is 3. The van der Waals surface area contributed by atoms with E-state index in [1.165, 1.54) is 11.1 Å². The second-order valence-electron chi connectivity index (χ2n) is 5.75. The monoisotopic (exact) mass is 415 g/mol. The summed E-state index contributed by atoms with van der Waals surface area (Å²) in [5, 5.41) is 0. The fourth-order valence-electron chi connectivity index (χ4n) is 2.72. The fourth-order valence-corrected chi connectivity index (χ4v) is 9.30. The van der Waals surface area contributed by atoms with Crippen molar-refractivity contribution in [3.05, 3.63) is 59.7 Å². The summed E-state index contributed by atoms with van der Waals surface area (Å²) in [7, 11) is 0. The summed E-state index contributed by atoms with van der Waals surface area (Å²) < 4.78 is 21.3. The quantitative estimate of drug-likeness (QED) is 0.708. The van der Waals surface area contributed by atoms with Crippen molar-refractivity contribution in [2.24, 2.45) is 0 Å². The van der Waals surface area contributed by atoms with Crippen LogP contribution >= 0.6 is 0 Å². The van der Waals surface area contributed by atoms with Crippen molar-refractivity contribution in [3.63, 3.8) is 0 Å². The van der Waals surface area contributed by atoms with Crippen LogP contribution in [0.1, 0.15) is 25.0 Å². The van der Waals surface area contributed by atoms with Crippen molar-refractivity contribution in [3.8, 4) is 11.5 Å². The van der Waals surface area contributed by atoms with Gasteiger partial charge >= 0.3 is 136 Å². The van der Waals surface area contributed by atoms with Gasteiger partial charge in [-0.1, -0.05) is 0 Å². The van der Waals surface area contributed by atoms with E-state index in [0.29, 0.717) is 0 Å². The van der Waals surface area contributed by atoms with Gasteiger partial charge in [0.25, 0.3) is 0 Å². The Balaban J connectivity index is 1.78. The summed E-state index contributed by atoms with van der Waals surface area (Å²) in [6, 6.07) is 16.3. The van der Waals surface area contributed by atoms with Gasteiger partial charge in [0.1, 0.15) is 0 Å². The van der Waals surface area contributed by atoms with E-state index in [-0.39, 0.29) is 6.10 Å². The van der Waals surface area contributed by atoms with Crippen LogP contribution in [-0.4, -0.2) is 28.9 Å². The number of para-hydroxylation sites is 2. The molecule has 0 fully saturated rings. The van der Waals surface area contributed by atoms with Crippen LogP contribution in [-0.2, 0) is 16.2 Å². The minimum absolute atomic E-state index is 0.0687. The SMILES string of the molecule is CC(C)O[Te]12Oc3ccccc3CN1Cc1ccccc1O2. The molecule has 0 saturated carbocycles. The normalized spacial score (nSPS) is 20.1. The van der Waals surface area contributed by atoms with Gasteiger partial charge in [0.15, 0.2) is 0 Å². The summed E-state index contributed by atoms with van der Waals surface area (Å²) in [5.74, 6) is 1.81. The molecule has 2 aliphatic rings.